The van der Waals surface area contributed by atoms with Gasteiger partial charge in [0.05, 0.1) is 4.92 Å². The van der Waals surface area contributed by atoms with Crippen LogP contribution in [0.25, 0.3) is 0 Å². The van der Waals surface area contributed by atoms with Crippen LogP contribution in [-0.4, -0.2) is 14.9 Å². The van der Waals surface area contributed by atoms with E-state index >= 15 is 0 Å². The van der Waals surface area contributed by atoms with Gasteiger partial charge in [0, 0.05) is 24.8 Å². The molecular formula is C24H19F2N5O2. The number of aromatic nitrogens is 2. The summed E-state index contributed by atoms with van der Waals surface area (Å²) >= 11 is 0. The highest BCUT2D eigenvalue weighted by Gasteiger charge is 2.27. The van der Waals surface area contributed by atoms with Crippen molar-refractivity contribution < 1.29 is 13.7 Å². The molecule has 1 heterocycles. The second-order valence-electron chi connectivity index (χ2n) is 7.23. The lowest BCUT2D eigenvalue weighted by Crippen LogP contribution is -2.24. The van der Waals surface area contributed by atoms with E-state index in [1.54, 1.807) is 4.90 Å². The summed E-state index contributed by atoms with van der Waals surface area (Å²) in [5, 5.41) is 14.8. The van der Waals surface area contributed by atoms with Gasteiger partial charge in [-0.05, 0) is 23.3 Å². The van der Waals surface area contributed by atoms with E-state index in [0.29, 0.717) is 13.1 Å². The predicted octanol–water partition coefficient (Wildman–Crippen LogP) is 5.61. The molecule has 0 unspecified atom stereocenters. The van der Waals surface area contributed by atoms with E-state index in [1.165, 1.54) is 12.4 Å². The molecule has 0 radical (unpaired) electrons. The standard InChI is InChI=1S/C24H19F2N5O2/c25-20-12-11-19(13-21(20)26)29-23-22(31(32)33)24(28-16-27-23)30(14-17-7-3-1-4-8-17)15-18-9-5-2-6-10-18/h1-13,16H,14-15H2,(H,27,28,29). The second-order valence-corrected chi connectivity index (χ2v) is 7.23. The molecule has 0 spiro atoms. The van der Waals surface area contributed by atoms with Crippen LogP contribution in [0.1, 0.15) is 11.1 Å². The Morgan fingerprint density at radius 2 is 1.45 bits per heavy atom. The van der Waals surface area contributed by atoms with E-state index in [4.69, 9.17) is 0 Å². The van der Waals surface area contributed by atoms with Crippen molar-refractivity contribution in [3.63, 3.8) is 0 Å². The van der Waals surface area contributed by atoms with Gasteiger partial charge in [-0.1, -0.05) is 60.7 Å². The molecule has 0 aliphatic carbocycles. The molecule has 0 aliphatic rings. The SMILES string of the molecule is O=[N+]([O-])c1c(Nc2ccc(F)c(F)c2)ncnc1N(Cc1ccccc1)Cc1ccccc1. The molecule has 0 amide bonds. The van der Waals surface area contributed by atoms with Crippen LogP contribution in [0.2, 0.25) is 0 Å². The predicted molar refractivity (Wildman–Crippen MR) is 121 cm³/mol. The highest BCUT2D eigenvalue weighted by Crippen LogP contribution is 2.35. The number of rotatable bonds is 8. The summed E-state index contributed by atoms with van der Waals surface area (Å²) < 4.78 is 26.9. The van der Waals surface area contributed by atoms with Crippen LogP contribution in [0.5, 0.6) is 0 Å². The molecule has 4 aromatic rings. The lowest BCUT2D eigenvalue weighted by Gasteiger charge is -2.24. The number of hydrogen-bond acceptors (Lipinski definition) is 6. The number of benzene rings is 3. The molecule has 4 rings (SSSR count). The Morgan fingerprint density at radius 1 is 0.848 bits per heavy atom. The third kappa shape index (κ3) is 5.27. The summed E-state index contributed by atoms with van der Waals surface area (Å²) in [5.41, 5.74) is 1.64. The fourth-order valence-electron chi connectivity index (χ4n) is 3.38. The monoisotopic (exact) mass is 447 g/mol. The molecule has 1 aromatic heterocycles. The van der Waals surface area contributed by atoms with E-state index < -0.39 is 16.6 Å². The quantitative estimate of drug-likeness (QED) is 0.279. The molecule has 166 valence electrons. The van der Waals surface area contributed by atoms with Crippen molar-refractivity contribution in [1.82, 2.24) is 9.97 Å². The zero-order valence-corrected chi connectivity index (χ0v) is 17.4. The molecule has 0 saturated heterocycles. The largest absolute Gasteiger partial charge is 0.353 e. The first-order valence-electron chi connectivity index (χ1n) is 10.1. The molecule has 1 N–H and O–H groups in total. The maximum atomic E-state index is 13.6. The first kappa shape index (κ1) is 21.8. The average Bonchev–Trinajstić information content (AvgIpc) is 2.82. The normalized spacial score (nSPS) is 10.6. The van der Waals surface area contributed by atoms with Crippen LogP contribution >= 0.6 is 0 Å². The van der Waals surface area contributed by atoms with E-state index in [9.17, 15) is 18.9 Å². The van der Waals surface area contributed by atoms with Crippen LogP contribution in [0.15, 0.2) is 85.2 Å². The van der Waals surface area contributed by atoms with Gasteiger partial charge in [0.1, 0.15) is 6.33 Å². The van der Waals surface area contributed by atoms with E-state index in [-0.39, 0.29) is 23.0 Å². The maximum absolute atomic E-state index is 13.6. The van der Waals surface area contributed by atoms with Crippen molar-refractivity contribution in [2.75, 3.05) is 10.2 Å². The molecular weight excluding hydrogens is 428 g/mol. The minimum Gasteiger partial charge on any atom is -0.342 e. The molecule has 9 heteroatoms. The minimum absolute atomic E-state index is 0.104. The Labute approximate surface area is 188 Å². The number of nitrogens with zero attached hydrogens (tertiary/aromatic N) is 4. The summed E-state index contributed by atoms with van der Waals surface area (Å²) in [5.74, 6) is -2.11. The second kappa shape index (κ2) is 9.82. The van der Waals surface area contributed by atoms with Crippen LogP contribution in [-0.2, 0) is 13.1 Å². The Bertz CT molecular complexity index is 1210. The summed E-state index contributed by atoms with van der Waals surface area (Å²) in [6.45, 7) is 0.719. The Kier molecular flexibility index (Phi) is 6.49. The van der Waals surface area contributed by atoms with Crippen molar-refractivity contribution >= 4 is 23.0 Å². The number of nitro groups is 1. The highest BCUT2D eigenvalue weighted by atomic mass is 19.2. The van der Waals surface area contributed by atoms with Gasteiger partial charge in [-0.25, -0.2) is 18.7 Å². The van der Waals surface area contributed by atoms with Crippen molar-refractivity contribution in [3.8, 4) is 0 Å². The number of nitrogens with one attached hydrogen (secondary N) is 1. The van der Waals surface area contributed by atoms with Gasteiger partial charge < -0.3 is 10.2 Å². The van der Waals surface area contributed by atoms with E-state index in [2.05, 4.69) is 15.3 Å². The van der Waals surface area contributed by atoms with Gasteiger partial charge in [0.2, 0.25) is 11.6 Å². The Hall–Kier alpha value is -4.40. The zero-order valence-electron chi connectivity index (χ0n) is 17.4. The van der Waals surface area contributed by atoms with Gasteiger partial charge in [-0.2, -0.15) is 0 Å². The molecule has 33 heavy (non-hydrogen) atoms. The van der Waals surface area contributed by atoms with Gasteiger partial charge in [-0.3, -0.25) is 10.1 Å². The smallest absolute Gasteiger partial charge is 0.342 e. The highest BCUT2D eigenvalue weighted by molar-refractivity contribution is 5.74. The van der Waals surface area contributed by atoms with Crippen molar-refractivity contribution in [2.45, 2.75) is 13.1 Å². The van der Waals surface area contributed by atoms with Crippen molar-refractivity contribution in [2.24, 2.45) is 0 Å². The summed E-state index contributed by atoms with van der Waals surface area (Å²) in [7, 11) is 0. The number of hydrogen-bond donors (Lipinski definition) is 1. The Morgan fingerprint density at radius 3 is 2.00 bits per heavy atom. The maximum Gasteiger partial charge on any atom is 0.353 e. The first-order valence-corrected chi connectivity index (χ1v) is 10.1. The molecule has 7 nitrogen and oxygen atoms in total. The zero-order chi connectivity index (χ0) is 23.2. The van der Waals surface area contributed by atoms with Crippen LogP contribution in [0, 0.1) is 21.7 Å². The first-order chi connectivity index (χ1) is 16.0. The molecule has 0 bridgehead atoms. The molecule has 0 aliphatic heterocycles. The number of anilines is 3. The fraction of sp³-hybridized carbons (Fsp3) is 0.0833. The van der Waals surface area contributed by atoms with Gasteiger partial charge in [0.15, 0.2) is 11.6 Å². The summed E-state index contributed by atoms with van der Waals surface area (Å²) in [4.78, 5) is 21.5. The molecule has 0 saturated carbocycles. The third-order valence-electron chi connectivity index (χ3n) is 4.90. The van der Waals surface area contributed by atoms with Crippen LogP contribution < -0.4 is 10.2 Å². The molecule has 3 aromatic carbocycles. The summed E-state index contributed by atoms with van der Waals surface area (Å²) in [6.07, 6.45) is 1.20. The van der Waals surface area contributed by atoms with Crippen molar-refractivity contribution in [3.05, 3.63) is 118 Å². The lowest BCUT2D eigenvalue weighted by molar-refractivity contribution is -0.383. The topological polar surface area (TPSA) is 84.2 Å². The lowest BCUT2D eigenvalue weighted by atomic mass is 10.1. The fourth-order valence-corrected chi connectivity index (χ4v) is 3.38. The van der Waals surface area contributed by atoms with Gasteiger partial charge >= 0.3 is 5.69 Å². The number of halogens is 2. The van der Waals surface area contributed by atoms with Crippen LogP contribution in [0.4, 0.5) is 31.8 Å². The summed E-state index contributed by atoms with van der Waals surface area (Å²) in [6, 6.07) is 22.1. The minimum atomic E-state index is -1.08. The molecule has 0 atom stereocenters. The average molecular weight is 447 g/mol. The van der Waals surface area contributed by atoms with Gasteiger partial charge in [0.25, 0.3) is 0 Å². The third-order valence-corrected chi connectivity index (χ3v) is 4.90. The molecule has 0 fully saturated rings. The van der Waals surface area contributed by atoms with Gasteiger partial charge in [-0.15, -0.1) is 0 Å². The van der Waals surface area contributed by atoms with Crippen LogP contribution in [0.3, 0.4) is 0 Å². The Balaban J connectivity index is 1.75. The van der Waals surface area contributed by atoms with E-state index in [0.717, 1.165) is 23.3 Å². The van der Waals surface area contributed by atoms with Crippen molar-refractivity contribution in [1.29, 1.82) is 0 Å². The van der Waals surface area contributed by atoms with E-state index in [1.807, 2.05) is 60.7 Å².